The minimum absolute atomic E-state index is 0.00300. The number of carbonyl (C=O) groups excluding carboxylic acids is 2. The van der Waals surface area contributed by atoms with Crippen LogP contribution in [0, 0.1) is 0 Å². The zero-order valence-electron chi connectivity index (χ0n) is 9.11. The highest BCUT2D eigenvalue weighted by Crippen LogP contribution is 2.05. The van der Waals surface area contributed by atoms with E-state index < -0.39 is 0 Å². The SMILES string of the molecule is CN1CCN(C(=O)CCCCO)CC1=O. The Morgan fingerprint density at radius 2 is 2.13 bits per heavy atom. The van der Waals surface area contributed by atoms with Crippen molar-refractivity contribution in [3.63, 3.8) is 0 Å². The Hall–Kier alpha value is -1.10. The van der Waals surface area contributed by atoms with Crippen LogP contribution in [-0.4, -0.2) is 60.0 Å². The highest BCUT2D eigenvalue weighted by Gasteiger charge is 2.23. The first-order valence-corrected chi connectivity index (χ1v) is 5.27. The van der Waals surface area contributed by atoms with Crippen LogP contribution in [0.1, 0.15) is 19.3 Å². The second-order valence-electron chi connectivity index (χ2n) is 3.81. The number of hydrogen-bond acceptors (Lipinski definition) is 3. The number of likely N-dealkylation sites (N-methyl/N-ethyl adjacent to an activating group) is 1. The molecule has 0 aliphatic carbocycles. The predicted molar refractivity (Wildman–Crippen MR) is 55.2 cm³/mol. The maximum absolute atomic E-state index is 11.6. The van der Waals surface area contributed by atoms with Gasteiger partial charge in [-0.05, 0) is 12.8 Å². The zero-order valence-corrected chi connectivity index (χ0v) is 9.11. The molecule has 1 fully saturated rings. The second-order valence-corrected chi connectivity index (χ2v) is 3.81. The molecule has 0 spiro atoms. The molecule has 5 heteroatoms. The summed E-state index contributed by atoms with van der Waals surface area (Å²) in [5.74, 6) is 0.0154. The van der Waals surface area contributed by atoms with Gasteiger partial charge in [-0.1, -0.05) is 0 Å². The van der Waals surface area contributed by atoms with Gasteiger partial charge in [0.05, 0.1) is 6.54 Å². The molecule has 0 aromatic heterocycles. The van der Waals surface area contributed by atoms with Gasteiger partial charge in [0.2, 0.25) is 11.8 Å². The fourth-order valence-electron chi connectivity index (χ4n) is 1.52. The van der Waals surface area contributed by atoms with Gasteiger partial charge in [-0.2, -0.15) is 0 Å². The molecule has 1 aliphatic rings. The number of amides is 2. The van der Waals surface area contributed by atoms with E-state index in [-0.39, 0.29) is 25.0 Å². The topological polar surface area (TPSA) is 60.9 Å². The van der Waals surface area contributed by atoms with E-state index in [0.29, 0.717) is 32.4 Å². The summed E-state index contributed by atoms with van der Waals surface area (Å²) >= 11 is 0. The molecule has 1 rings (SSSR count). The highest BCUT2D eigenvalue weighted by atomic mass is 16.3. The number of hydrogen-bond donors (Lipinski definition) is 1. The van der Waals surface area contributed by atoms with Gasteiger partial charge in [-0.15, -0.1) is 0 Å². The van der Waals surface area contributed by atoms with Crippen LogP contribution in [0.4, 0.5) is 0 Å². The van der Waals surface area contributed by atoms with Crippen LogP contribution in [0.25, 0.3) is 0 Å². The molecule has 1 aliphatic heterocycles. The molecule has 1 N–H and O–H groups in total. The molecule has 0 aromatic rings. The van der Waals surface area contributed by atoms with Crippen LogP contribution in [0.2, 0.25) is 0 Å². The summed E-state index contributed by atoms with van der Waals surface area (Å²) in [6.45, 7) is 1.56. The van der Waals surface area contributed by atoms with Gasteiger partial charge in [0.1, 0.15) is 0 Å². The number of aliphatic hydroxyl groups excluding tert-OH is 1. The van der Waals surface area contributed by atoms with Crippen molar-refractivity contribution < 1.29 is 14.7 Å². The number of aliphatic hydroxyl groups is 1. The number of rotatable bonds is 4. The van der Waals surface area contributed by atoms with E-state index in [9.17, 15) is 9.59 Å². The van der Waals surface area contributed by atoms with Gasteiger partial charge in [0, 0.05) is 33.2 Å². The monoisotopic (exact) mass is 214 g/mol. The number of piperazine rings is 1. The summed E-state index contributed by atoms with van der Waals surface area (Å²) < 4.78 is 0. The van der Waals surface area contributed by atoms with Gasteiger partial charge in [0.25, 0.3) is 0 Å². The van der Waals surface area contributed by atoms with Crippen molar-refractivity contribution in [2.24, 2.45) is 0 Å². The summed E-state index contributed by atoms with van der Waals surface area (Å²) in [7, 11) is 1.75. The van der Waals surface area contributed by atoms with Gasteiger partial charge >= 0.3 is 0 Å². The third-order valence-corrected chi connectivity index (χ3v) is 2.61. The summed E-state index contributed by atoms with van der Waals surface area (Å²) in [5.41, 5.74) is 0. The fraction of sp³-hybridized carbons (Fsp3) is 0.800. The van der Waals surface area contributed by atoms with Crippen LogP contribution < -0.4 is 0 Å². The number of carbonyl (C=O) groups is 2. The highest BCUT2D eigenvalue weighted by molar-refractivity contribution is 5.85. The first kappa shape index (κ1) is 12.0. The van der Waals surface area contributed by atoms with Crippen LogP contribution in [0.3, 0.4) is 0 Å². The summed E-state index contributed by atoms with van der Waals surface area (Å²) in [5, 5.41) is 8.58. The van der Waals surface area contributed by atoms with Gasteiger partial charge in [-0.25, -0.2) is 0 Å². The molecule has 86 valence electrons. The van der Waals surface area contributed by atoms with E-state index >= 15 is 0 Å². The average molecular weight is 214 g/mol. The lowest BCUT2D eigenvalue weighted by Gasteiger charge is -2.32. The molecule has 15 heavy (non-hydrogen) atoms. The molecule has 5 nitrogen and oxygen atoms in total. The van der Waals surface area contributed by atoms with E-state index in [0.717, 1.165) is 0 Å². The fourth-order valence-corrected chi connectivity index (χ4v) is 1.52. The maximum atomic E-state index is 11.6. The Labute approximate surface area is 89.7 Å². The molecule has 0 radical (unpaired) electrons. The Morgan fingerprint density at radius 1 is 1.40 bits per heavy atom. The normalized spacial score (nSPS) is 17.1. The number of unbranched alkanes of at least 4 members (excludes halogenated alkanes) is 1. The molecule has 0 saturated carbocycles. The van der Waals surface area contributed by atoms with Gasteiger partial charge < -0.3 is 14.9 Å². The van der Waals surface area contributed by atoms with Crippen molar-refractivity contribution in [2.75, 3.05) is 33.3 Å². The largest absolute Gasteiger partial charge is 0.396 e. The van der Waals surface area contributed by atoms with Crippen LogP contribution in [0.15, 0.2) is 0 Å². The average Bonchev–Trinajstić information content (AvgIpc) is 2.22. The van der Waals surface area contributed by atoms with Gasteiger partial charge in [0.15, 0.2) is 0 Å². The molecule has 0 bridgehead atoms. The molecular formula is C10H18N2O3. The van der Waals surface area contributed by atoms with E-state index in [1.807, 2.05) is 0 Å². The smallest absolute Gasteiger partial charge is 0.241 e. The zero-order chi connectivity index (χ0) is 11.3. The van der Waals surface area contributed by atoms with Crippen LogP contribution in [0.5, 0.6) is 0 Å². The summed E-state index contributed by atoms with van der Waals surface area (Å²) in [6, 6.07) is 0. The minimum Gasteiger partial charge on any atom is -0.396 e. The first-order valence-electron chi connectivity index (χ1n) is 5.27. The molecular weight excluding hydrogens is 196 g/mol. The van der Waals surface area contributed by atoms with Crippen molar-refractivity contribution in [3.8, 4) is 0 Å². The lowest BCUT2D eigenvalue weighted by molar-refractivity contribution is -0.144. The first-order chi connectivity index (χ1) is 7.15. The molecule has 1 heterocycles. The third-order valence-electron chi connectivity index (χ3n) is 2.61. The van der Waals surface area contributed by atoms with Crippen molar-refractivity contribution in [1.82, 2.24) is 9.80 Å². The van der Waals surface area contributed by atoms with Crippen molar-refractivity contribution in [2.45, 2.75) is 19.3 Å². The van der Waals surface area contributed by atoms with Crippen molar-refractivity contribution in [3.05, 3.63) is 0 Å². The van der Waals surface area contributed by atoms with Crippen LogP contribution in [-0.2, 0) is 9.59 Å². The Balaban J connectivity index is 2.31. The quantitative estimate of drug-likeness (QED) is 0.639. The molecule has 2 amide bonds. The third kappa shape index (κ3) is 3.51. The maximum Gasteiger partial charge on any atom is 0.241 e. The summed E-state index contributed by atoms with van der Waals surface area (Å²) in [6.07, 6.45) is 1.76. The van der Waals surface area contributed by atoms with Crippen LogP contribution >= 0.6 is 0 Å². The van der Waals surface area contributed by atoms with E-state index in [1.54, 1.807) is 16.8 Å². The Kier molecular flexibility index (Phi) is 4.55. The van der Waals surface area contributed by atoms with Crippen molar-refractivity contribution >= 4 is 11.8 Å². The molecule has 0 atom stereocenters. The Bertz CT molecular complexity index is 243. The molecule has 0 unspecified atom stereocenters. The van der Waals surface area contributed by atoms with Crippen molar-refractivity contribution in [1.29, 1.82) is 0 Å². The lowest BCUT2D eigenvalue weighted by atomic mass is 10.2. The number of nitrogens with zero attached hydrogens (tertiary/aromatic N) is 2. The van der Waals surface area contributed by atoms with E-state index in [1.165, 1.54) is 0 Å². The van der Waals surface area contributed by atoms with Gasteiger partial charge in [-0.3, -0.25) is 9.59 Å². The Morgan fingerprint density at radius 3 is 2.73 bits per heavy atom. The second kappa shape index (κ2) is 5.70. The van der Waals surface area contributed by atoms with E-state index in [2.05, 4.69) is 0 Å². The summed E-state index contributed by atoms with van der Waals surface area (Å²) in [4.78, 5) is 26.2. The minimum atomic E-state index is -0.00300. The molecule has 0 aromatic carbocycles. The van der Waals surface area contributed by atoms with E-state index in [4.69, 9.17) is 5.11 Å². The lowest BCUT2D eigenvalue weighted by Crippen LogP contribution is -2.50. The standard InChI is InChI=1S/C10H18N2O3/c1-11-5-6-12(8-10(11)15)9(14)4-2-3-7-13/h13H,2-8H2,1H3. The predicted octanol–water partition coefficient (Wildman–Crippen LogP) is -0.550. The molecule has 1 saturated heterocycles.